The molecule has 0 radical (unpaired) electrons. The van der Waals surface area contributed by atoms with Crippen LogP contribution in [0.4, 0.5) is 5.69 Å². The van der Waals surface area contributed by atoms with Gasteiger partial charge in [-0.3, -0.25) is 4.98 Å². The Balaban J connectivity index is 1.99. The Morgan fingerprint density at radius 1 is 1.11 bits per heavy atom. The maximum atomic E-state index is 6.02. The highest BCUT2D eigenvalue weighted by molar-refractivity contribution is 6.37. The summed E-state index contributed by atoms with van der Waals surface area (Å²) in [6, 6.07) is 7.12. The van der Waals surface area contributed by atoms with Crippen LogP contribution in [0.15, 0.2) is 36.7 Å². The fraction of sp³-hybridized carbons (Fsp3) is 0.154. The van der Waals surface area contributed by atoms with Gasteiger partial charge in [-0.1, -0.05) is 23.2 Å². The summed E-state index contributed by atoms with van der Waals surface area (Å²) >= 11 is 12.0. The van der Waals surface area contributed by atoms with E-state index in [2.05, 4.69) is 4.98 Å². The van der Waals surface area contributed by atoms with E-state index in [1.54, 1.807) is 24.5 Å². The van der Waals surface area contributed by atoms with Crippen LogP contribution in [0.1, 0.15) is 5.56 Å². The minimum Gasteiger partial charge on any atom is -0.490 e. The van der Waals surface area contributed by atoms with Gasteiger partial charge in [-0.05, 0) is 29.8 Å². The van der Waals surface area contributed by atoms with Crippen LogP contribution in [-0.2, 0) is 6.42 Å². The minimum absolute atomic E-state index is 0.426. The first-order valence-corrected chi connectivity index (χ1v) is 6.18. The highest BCUT2D eigenvalue weighted by Gasteiger charge is 2.08. The average Bonchev–Trinajstić information content (AvgIpc) is 2.34. The van der Waals surface area contributed by atoms with Gasteiger partial charge in [0.15, 0.2) is 5.75 Å². The molecule has 0 spiro atoms. The SMILES string of the molecule is Nc1cc(Cl)c(OCCc2ccncc2)c(Cl)c1. The predicted octanol–water partition coefficient (Wildman–Crippen LogP) is 3.59. The van der Waals surface area contributed by atoms with E-state index in [1.165, 1.54) is 0 Å². The largest absolute Gasteiger partial charge is 0.490 e. The van der Waals surface area contributed by atoms with Crippen molar-refractivity contribution in [2.24, 2.45) is 0 Å². The monoisotopic (exact) mass is 282 g/mol. The molecule has 0 unspecified atom stereocenters. The van der Waals surface area contributed by atoms with Crippen LogP contribution < -0.4 is 10.5 Å². The summed E-state index contributed by atoms with van der Waals surface area (Å²) in [6.45, 7) is 0.493. The van der Waals surface area contributed by atoms with E-state index in [9.17, 15) is 0 Å². The lowest BCUT2D eigenvalue weighted by Gasteiger charge is -2.10. The van der Waals surface area contributed by atoms with Crippen molar-refractivity contribution in [1.29, 1.82) is 0 Å². The maximum absolute atomic E-state index is 6.02. The second-order valence-corrected chi connectivity index (χ2v) is 4.58. The number of aromatic nitrogens is 1. The van der Waals surface area contributed by atoms with E-state index >= 15 is 0 Å². The van der Waals surface area contributed by atoms with Gasteiger partial charge >= 0.3 is 0 Å². The van der Waals surface area contributed by atoms with Crippen LogP contribution in [0.5, 0.6) is 5.75 Å². The van der Waals surface area contributed by atoms with Crippen LogP contribution in [0.2, 0.25) is 10.0 Å². The van der Waals surface area contributed by atoms with Crippen molar-refractivity contribution in [1.82, 2.24) is 4.98 Å². The fourth-order valence-corrected chi connectivity index (χ4v) is 2.15. The highest BCUT2D eigenvalue weighted by atomic mass is 35.5. The minimum atomic E-state index is 0.426. The van der Waals surface area contributed by atoms with Gasteiger partial charge in [-0.2, -0.15) is 0 Å². The molecule has 0 aliphatic carbocycles. The van der Waals surface area contributed by atoms with Gasteiger partial charge in [-0.25, -0.2) is 0 Å². The van der Waals surface area contributed by atoms with E-state index in [0.717, 1.165) is 12.0 Å². The van der Waals surface area contributed by atoms with Crippen molar-refractivity contribution in [3.63, 3.8) is 0 Å². The molecule has 94 valence electrons. The third-order valence-electron chi connectivity index (χ3n) is 2.41. The second-order valence-electron chi connectivity index (χ2n) is 3.77. The standard InChI is InChI=1S/C13H12Cl2N2O/c14-11-7-10(16)8-12(15)13(11)18-6-3-9-1-4-17-5-2-9/h1-2,4-5,7-8H,3,6,16H2. The fourth-order valence-electron chi connectivity index (χ4n) is 1.54. The van der Waals surface area contributed by atoms with Crippen molar-refractivity contribution in [3.05, 3.63) is 52.3 Å². The Morgan fingerprint density at radius 2 is 1.72 bits per heavy atom. The van der Waals surface area contributed by atoms with Gasteiger partial charge in [0.1, 0.15) is 0 Å². The number of hydrogen-bond acceptors (Lipinski definition) is 3. The van der Waals surface area contributed by atoms with Gasteiger partial charge in [0.25, 0.3) is 0 Å². The first-order chi connectivity index (χ1) is 8.66. The summed E-state index contributed by atoms with van der Waals surface area (Å²) in [5.74, 6) is 0.474. The number of pyridine rings is 1. The molecule has 0 fully saturated rings. The molecule has 0 saturated carbocycles. The molecular weight excluding hydrogens is 271 g/mol. The number of nitrogen functional groups attached to an aromatic ring is 1. The summed E-state index contributed by atoms with van der Waals surface area (Å²) in [6.07, 6.45) is 4.26. The smallest absolute Gasteiger partial charge is 0.156 e. The molecule has 1 heterocycles. The number of nitrogens with two attached hydrogens (primary N) is 1. The first kappa shape index (κ1) is 13.0. The number of anilines is 1. The predicted molar refractivity (Wildman–Crippen MR) is 74.3 cm³/mol. The molecule has 0 saturated heterocycles. The molecule has 5 heteroatoms. The topological polar surface area (TPSA) is 48.1 Å². The summed E-state index contributed by atoms with van der Waals surface area (Å²) in [5.41, 5.74) is 7.28. The van der Waals surface area contributed by atoms with Gasteiger partial charge in [-0.15, -0.1) is 0 Å². The Labute approximate surface area is 115 Å². The number of nitrogens with zero attached hydrogens (tertiary/aromatic N) is 1. The normalized spacial score (nSPS) is 10.3. The lowest BCUT2D eigenvalue weighted by molar-refractivity contribution is 0.322. The zero-order valence-electron chi connectivity index (χ0n) is 9.57. The summed E-state index contributed by atoms with van der Waals surface area (Å²) in [5, 5.41) is 0.851. The third kappa shape index (κ3) is 3.28. The lowest BCUT2D eigenvalue weighted by atomic mass is 10.2. The average molecular weight is 283 g/mol. The third-order valence-corrected chi connectivity index (χ3v) is 2.97. The molecular formula is C13H12Cl2N2O. The van der Waals surface area contributed by atoms with Crippen molar-refractivity contribution in [2.75, 3.05) is 12.3 Å². The Kier molecular flexibility index (Phi) is 4.28. The van der Waals surface area contributed by atoms with E-state index < -0.39 is 0 Å². The van der Waals surface area contributed by atoms with Crippen molar-refractivity contribution < 1.29 is 4.74 Å². The van der Waals surface area contributed by atoms with Gasteiger partial charge in [0, 0.05) is 24.5 Å². The molecule has 3 nitrogen and oxygen atoms in total. The van der Waals surface area contributed by atoms with E-state index in [0.29, 0.717) is 28.1 Å². The second kappa shape index (κ2) is 5.94. The molecule has 0 aliphatic rings. The van der Waals surface area contributed by atoms with Crippen LogP contribution >= 0.6 is 23.2 Å². The quantitative estimate of drug-likeness (QED) is 0.872. The first-order valence-electron chi connectivity index (χ1n) is 5.43. The number of halogens is 2. The van der Waals surface area contributed by atoms with Crippen molar-refractivity contribution in [2.45, 2.75) is 6.42 Å². The molecule has 2 N–H and O–H groups in total. The molecule has 18 heavy (non-hydrogen) atoms. The van der Waals surface area contributed by atoms with Crippen LogP contribution in [-0.4, -0.2) is 11.6 Å². The van der Waals surface area contributed by atoms with Crippen LogP contribution in [0.25, 0.3) is 0 Å². The molecule has 0 atom stereocenters. The number of ether oxygens (including phenoxy) is 1. The maximum Gasteiger partial charge on any atom is 0.156 e. The molecule has 1 aromatic heterocycles. The summed E-state index contributed by atoms with van der Waals surface area (Å²) < 4.78 is 5.59. The Hall–Kier alpha value is -1.45. The van der Waals surface area contributed by atoms with Crippen LogP contribution in [0, 0.1) is 0 Å². The van der Waals surface area contributed by atoms with Gasteiger partial charge in [0.2, 0.25) is 0 Å². The summed E-state index contributed by atoms with van der Waals surface area (Å²) in [7, 11) is 0. The highest BCUT2D eigenvalue weighted by Crippen LogP contribution is 2.35. The molecule has 0 bridgehead atoms. The molecule has 1 aromatic carbocycles. The van der Waals surface area contributed by atoms with E-state index in [-0.39, 0.29) is 0 Å². The van der Waals surface area contributed by atoms with E-state index in [1.807, 2.05) is 12.1 Å². The van der Waals surface area contributed by atoms with Gasteiger partial charge in [0.05, 0.1) is 16.7 Å². The van der Waals surface area contributed by atoms with Gasteiger partial charge < -0.3 is 10.5 Å². The van der Waals surface area contributed by atoms with E-state index in [4.69, 9.17) is 33.7 Å². The van der Waals surface area contributed by atoms with Crippen LogP contribution in [0.3, 0.4) is 0 Å². The Morgan fingerprint density at radius 3 is 2.33 bits per heavy atom. The number of benzene rings is 1. The molecule has 0 amide bonds. The Bertz CT molecular complexity index is 509. The zero-order chi connectivity index (χ0) is 13.0. The van der Waals surface area contributed by atoms with Crippen molar-refractivity contribution in [3.8, 4) is 5.75 Å². The zero-order valence-corrected chi connectivity index (χ0v) is 11.1. The summed E-state index contributed by atoms with van der Waals surface area (Å²) in [4.78, 5) is 3.95. The number of rotatable bonds is 4. The van der Waals surface area contributed by atoms with Crippen molar-refractivity contribution >= 4 is 28.9 Å². The molecule has 0 aliphatic heterocycles. The molecule has 2 aromatic rings. The number of hydrogen-bond donors (Lipinski definition) is 1. The molecule has 2 rings (SSSR count). The lowest BCUT2D eigenvalue weighted by Crippen LogP contribution is -2.02.